The molecule has 1 saturated heterocycles. The van der Waals surface area contributed by atoms with Crippen molar-refractivity contribution < 1.29 is 0 Å². The van der Waals surface area contributed by atoms with E-state index in [4.69, 9.17) is 0 Å². The topological polar surface area (TPSA) is 36.4 Å². The van der Waals surface area contributed by atoms with Crippen molar-refractivity contribution in [1.82, 2.24) is 10.6 Å². The van der Waals surface area contributed by atoms with Crippen LogP contribution in [0.5, 0.6) is 0 Å². The van der Waals surface area contributed by atoms with Gasteiger partial charge in [-0.3, -0.25) is 4.99 Å². The molecule has 0 saturated carbocycles. The molecular formula is C9H17N3. The molecule has 0 bridgehead atoms. The van der Waals surface area contributed by atoms with E-state index < -0.39 is 0 Å². The molecule has 3 heteroatoms. The lowest BCUT2D eigenvalue weighted by molar-refractivity contribution is 0.444. The first-order chi connectivity index (χ1) is 5.97. The van der Waals surface area contributed by atoms with E-state index in [1.807, 2.05) is 0 Å². The zero-order chi connectivity index (χ0) is 8.23. The van der Waals surface area contributed by atoms with Crippen LogP contribution in [0, 0.1) is 5.92 Å². The van der Waals surface area contributed by atoms with Gasteiger partial charge >= 0.3 is 0 Å². The van der Waals surface area contributed by atoms with Crippen LogP contribution in [0.25, 0.3) is 0 Å². The lowest BCUT2D eigenvalue weighted by Gasteiger charge is -2.26. The molecule has 2 rings (SSSR count). The Kier molecular flexibility index (Phi) is 2.61. The van der Waals surface area contributed by atoms with Gasteiger partial charge in [0.25, 0.3) is 0 Å². The molecule has 2 aliphatic rings. The van der Waals surface area contributed by atoms with E-state index in [-0.39, 0.29) is 0 Å². The molecule has 2 N–H and O–H groups in total. The van der Waals surface area contributed by atoms with E-state index in [2.05, 4.69) is 15.6 Å². The van der Waals surface area contributed by atoms with E-state index in [1.165, 1.54) is 25.1 Å². The summed E-state index contributed by atoms with van der Waals surface area (Å²) < 4.78 is 0. The van der Waals surface area contributed by atoms with Gasteiger partial charge in [0.05, 0.1) is 5.84 Å². The highest BCUT2D eigenvalue weighted by Gasteiger charge is 2.19. The van der Waals surface area contributed by atoms with Gasteiger partial charge in [0.2, 0.25) is 0 Å². The molecule has 3 nitrogen and oxygen atoms in total. The van der Waals surface area contributed by atoms with Gasteiger partial charge in [-0.15, -0.1) is 0 Å². The summed E-state index contributed by atoms with van der Waals surface area (Å²) >= 11 is 0. The van der Waals surface area contributed by atoms with Crippen molar-refractivity contribution >= 4 is 5.84 Å². The van der Waals surface area contributed by atoms with Gasteiger partial charge in [-0.25, -0.2) is 0 Å². The van der Waals surface area contributed by atoms with Crippen LogP contribution < -0.4 is 10.6 Å². The number of amidine groups is 1. The molecule has 1 fully saturated rings. The van der Waals surface area contributed by atoms with Gasteiger partial charge in [0, 0.05) is 19.0 Å². The molecule has 0 aromatic rings. The molecule has 0 unspecified atom stereocenters. The van der Waals surface area contributed by atoms with Crippen LogP contribution in [-0.4, -0.2) is 32.0 Å². The Morgan fingerprint density at radius 2 is 2.00 bits per heavy atom. The fourth-order valence-electron chi connectivity index (χ4n) is 1.92. The molecular weight excluding hydrogens is 150 g/mol. The fraction of sp³-hybridized carbons (Fsp3) is 0.889. The van der Waals surface area contributed by atoms with E-state index in [0.717, 1.165) is 26.2 Å². The molecule has 68 valence electrons. The number of nitrogens with one attached hydrogen (secondary N) is 2. The molecule has 2 heterocycles. The van der Waals surface area contributed by atoms with Gasteiger partial charge in [-0.1, -0.05) is 0 Å². The van der Waals surface area contributed by atoms with Crippen molar-refractivity contribution in [3.63, 3.8) is 0 Å². The van der Waals surface area contributed by atoms with E-state index in [9.17, 15) is 0 Å². The Balaban J connectivity index is 1.92. The third-order valence-corrected chi connectivity index (χ3v) is 2.65. The Bertz CT molecular complexity index is 171. The SMILES string of the molecule is C1CN=C(C2CCNCC2)NC1. The summed E-state index contributed by atoms with van der Waals surface area (Å²) in [5.41, 5.74) is 0. The highest BCUT2D eigenvalue weighted by atomic mass is 15.0. The van der Waals surface area contributed by atoms with E-state index >= 15 is 0 Å². The molecule has 12 heavy (non-hydrogen) atoms. The zero-order valence-corrected chi connectivity index (χ0v) is 7.47. The maximum absolute atomic E-state index is 4.53. The van der Waals surface area contributed by atoms with E-state index in [1.54, 1.807) is 0 Å². The minimum absolute atomic E-state index is 0.714. The smallest absolute Gasteiger partial charge is 0.0995 e. The number of rotatable bonds is 1. The molecule has 0 amide bonds. The Morgan fingerprint density at radius 3 is 2.67 bits per heavy atom. The average molecular weight is 167 g/mol. The third kappa shape index (κ3) is 1.78. The van der Waals surface area contributed by atoms with Crippen molar-refractivity contribution in [2.75, 3.05) is 26.2 Å². The summed E-state index contributed by atoms with van der Waals surface area (Å²) in [6.07, 6.45) is 3.71. The molecule has 0 atom stereocenters. The Morgan fingerprint density at radius 1 is 1.17 bits per heavy atom. The molecule has 0 radical (unpaired) electrons. The lowest BCUT2D eigenvalue weighted by Crippen LogP contribution is -2.40. The average Bonchev–Trinajstić information content (AvgIpc) is 2.21. The summed E-state index contributed by atoms with van der Waals surface area (Å²) in [4.78, 5) is 4.53. The predicted octanol–water partition coefficient (Wildman–Crippen LogP) is 0.378. The standard InChI is InChI=1S/C9H17N3/c1-4-11-9(12-5-1)8-2-6-10-7-3-8/h8,10H,1-7H2,(H,11,12). The van der Waals surface area contributed by atoms with Crippen molar-refractivity contribution in [2.24, 2.45) is 10.9 Å². The minimum atomic E-state index is 0.714. The number of aliphatic imine (C=N–C) groups is 1. The second-order valence-corrected chi connectivity index (χ2v) is 3.57. The first kappa shape index (κ1) is 8.05. The summed E-state index contributed by atoms with van der Waals surface area (Å²) in [7, 11) is 0. The van der Waals surface area contributed by atoms with Gasteiger partial charge in [-0.2, -0.15) is 0 Å². The van der Waals surface area contributed by atoms with Gasteiger partial charge in [-0.05, 0) is 32.4 Å². The Hall–Kier alpha value is -0.570. The highest BCUT2D eigenvalue weighted by molar-refractivity contribution is 5.85. The predicted molar refractivity (Wildman–Crippen MR) is 50.5 cm³/mol. The largest absolute Gasteiger partial charge is 0.374 e. The van der Waals surface area contributed by atoms with Crippen molar-refractivity contribution in [3.8, 4) is 0 Å². The maximum atomic E-state index is 4.53. The second kappa shape index (κ2) is 3.90. The maximum Gasteiger partial charge on any atom is 0.0995 e. The number of piperidine rings is 1. The van der Waals surface area contributed by atoms with E-state index in [0.29, 0.717) is 5.92 Å². The monoisotopic (exact) mass is 167 g/mol. The van der Waals surface area contributed by atoms with Gasteiger partial charge < -0.3 is 10.6 Å². The molecule has 0 spiro atoms. The first-order valence-electron chi connectivity index (χ1n) is 4.96. The molecule has 0 aromatic carbocycles. The minimum Gasteiger partial charge on any atom is -0.374 e. The van der Waals surface area contributed by atoms with Crippen LogP contribution in [0.2, 0.25) is 0 Å². The van der Waals surface area contributed by atoms with Crippen LogP contribution in [0.4, 0.5) is 0 Å². The zero-order valence-electron chi connectivity index (χ0n) is 7.47. The fourth-order valence-corrected chi connectivity index (χ4v) is 1.92. The lowest BCUT2D eigenvalue weighted by atomic mass is 9.96. The number of hydrogen-bond acceptors (Lipinski definition) is 3. The van der Waals surface area contributed by atoms with Crippen LogP contribution in [0.3, 0.4) is 0 Å². The van der Waals surface area contributed by atoms with Crippen molar-refractivity contribution in [2.45, 2.75) is 19.3 Å². The van der Waals surface area contributed by atoms with Gasteiger partial charge in [0.15, 0.2) is 0 Å². The van der Waals surface area contributed by atoms with Crippen molar-refractivity contribution in [1.29, 1.82) is 0 Å². The summed E-state index contributed by atoms with van der Waals surface area (Å²) in [5, 5.41) is 6.78. The van der Waals surface area contributed by atoms with Gasteiger partial charge in [0.1, 0.15) is 0 Å². The summed E-state index contributed by atoms with van der Waals surface area (Å²) in [6.45, 7) is 4.48. The molecule has 2 aliphatic heterocycles. The van der Waals surface area contributed by atoms with Crippen LogP contribution in [0.15, 0.2) is 4.99 Å². The second-order valence-electron chi connectivity index (χ2n) is 3.57. The summed E-state index contributed by atoms with van der Waals surface area (Å²) in [6, 6.07) is 0. The third-order valence-electron chi connectivity index (χ3n) is 2.65. The normalized spacial score (nSPS) is 26.2. The van der Waals surface area contributed by atoms with Crippen LogP contribution in [-0.2, 0) is 0 Å². The summed E-state index contributed by atoms with van der Waals surface area (Å²) in [5.74, 6) is 1.99. The highest BCUT2D eigenvalue weighted by Crippen LogP contribution is 2.13. The number of nitrogens with zero attached hydrogens (tertiary/aromatic N) is 1. The Labute approximate surface area is 73.6 Å². The molecule has 0 aromatic heterocycles. The quantitative estimate of drug-likeness (QED) is 0.592. The van der Waals surface area contributed by atoms with Crippen molar-refractivity contribution in [3.05, 3.63) is 0 Å². The first-order valence-corrected chi connectivity index (χ1v) is 4.96. The van der Waals surface area contributed by atoms with Crippen LogP contribution in [0.1, 0.15) is 19.3 Å². The molecule has 0 aliphatic carbocycles. The number of hydrogen-bond donors (Lipinski definition) is 2. The van der Waals surface area contributed by atoms with Crippen LogP contribution >= 0.6 is 0 Å².